The molecule has 1 aliphatic heterocycles. The molecule has 6 rings (SSSR count). The lowest BCUT2D eigenvalue weighted by Gasteiger charge is -2.38. The van der Waals surface area contributed by atoms with Crippen LogP contribution < -0.4 is 5.56 Å². The molecule has 4 heterocycles. The summed E-state index contributed by atoms with van der Waals surface area (Å²) in [5.74, 6) is 1.75. The van der Waals surface area contributed by atoms with E-state index < -0.39 is 0 Å². The van der Waals surface area contributed by atoms with Crippen molar-refractivity contribution >= 4 is 10.9 Å². The Hall–Kier alpha value is -3.30. The molecule has 4 aromatic rings. The lowest BCUT2D eigenvalue weighted by molar-refractivity contribution is 0.0943. The number of nitrogens with one attached hydrogen (secondary N) is 1. The van der Waals surface area contributed by atoms with Crippen molar-refractivity contribution in [3.8, 4) is 0 Å². The average molecular weight is 488 g/mol. The standard InChI is InChI=1S/C27H33N7O2/c1-18-14-19(2)24-20(15-18)16-23(27(35)28-24)25(26-29-30-31-34(26)21-6-3-4-7-21)33-11-9-32(10-12-33)17-22-8-5-13-36-22/h5,8,13-16,21,25H,3-4,6-7,9-12,17H2,1-2H3,(H,28,35)/t25-/m0/s1. The Balaban J connectivity index is 1.38. The van der Waals surface area contributed by atoms with Gasteiger partial charge in [0.05, 0.1) is 24.4 Å². The van der Waals surface area contributed by atoms with Crippen molar-refractivity contribution in [3.05, 3.63) is 75.2 Å². The highest BCUT2D eigenvalue weighted by Gasteiger charge is 2.34. The van der Waals surface area contributed by atoms with Gasteiger partial charge in [-0.3, -0.25) is 14.6 Å². The quantitative estimate of drug-likeness (QED) is 0.442. The molecule has 0 radical (unpaired) electrons. The number of hydrogen-bond acceptors (Lipinski definition) is 7. The van der Waals surface area contributed by atoms with Crippen LogP contribution in [-0.4, -0.2) is 61.2 Å². The number of piperazine rings is 1. The number of nitrogens with zero attached hydrogens (tertiary/aromatic N) is 6. The molecule has 9 heteroatoms. The van der Waals surface area contributed by atoms with Crippen LogP contribution in [0.5, 0.6) is 0 Å². The Morgan fingerprint density at radius 3 is 2.67 bits per heavy atom. The van der Waals surface area contributed by atoms with E-state index in [1.807, 2.05) is 23.7 Å². The SMILES string of the molecule is Cc1cc(C)c2[nH]c(=O)c([C@@H](c3nnnn3C3CCCC3)N3CCN(Cc4ccco4)CC3)cc2c1. The zero-order valence-corrected chi connectivity index (χ0v) is 21.0. The number of aromatic amines is 1. The molecule has 36 heavy (non-hydrogen) atoms. The van der Waals surface area contributed by atoms with Crippen LogP contribution >= 0.6 is 0 Å². The normalized spacial score (nSPS) is 18.8. The molecule has 1 aliphatic carbocycles. The van der Waals surface area contributed by atoms with Gasteiger partial charge in [0.1, 0.15) is 11.8 Å². The minimum Gasteiger partial charge on any atom is -0.468 e. The number of pyridine rings is 1. The summed E-state index contributed by atoms with van der Waals surface area (Å²) in [5, 5.41) is 14.1. The Labute approximate surface area is 210 Å². The average Bonchev–Trinajstić information content (AvgIpc) is 3.64. The summed E-state index contributed by atoms with van der Waals surface area (Å²) in [4.78, 5) is 21.5. The van der Waals surface area contributed by atoms with Gasteiger partial charge in [0.2, 0.25) is 0 Å². The minimum atomic E-state index is -0.305. The topological polar surface area (TPSA) is 96.1 Å². The number of fused-ring (bicyclic) bond motifs is 1. The lowest BCUT2D eigenvalue weighted by Crippen LogP contribution is -2.48. The molecule has 9 nitrogen and oxygen atoms in total. The van der Waals surface area contributed by atoms with Crippen LogP contribution in [0.15, 0.2) is 45.8 Å². The Morgan fingerprint density at radius 2 is 1.92 bits per heavy atom. The summed E-state index contributed by atoms with van der Waals surface area (Å²) in [6.07, 6.45) is 6.26. The third kappa shape index (κ3) is 4.37. The first kappa shape index (κ1) is 23.1. The van der Waals surface area contributed by atoms with E-state index in [0.29, 0.717) is 11.6 Å². The van der Waals surface area contributed by atoms with E-state index in [1.165, 1.54) is 18.4 Å². The third-order valence-electron chi connectivity index (χ3n) is 7.78. The molecule has 1 atom stereocenters. The first-order valence-corrected chi connectivity index (χ1v) is 13.0. The van der Waals surface area contributed by atoms with E-state index >= 15 is 0 Å². The fourth-order valence-corrected chi connectivity index (χ4v) is 6.00. The molecule has 2 aliphatic rings. The molecule has 0 spiro atoms. The third-order valence-corrected chi connectivity index (χ3v) is 7.78. The van der Waals surface area contributed by atoms with Crippen LogP contribution in [0.3, 0.4) is 0 Å². The Bertz CT molecular complexity index is 1390. The number of aryl methyl sites for hydroxylation is 2. The molecule has 1 N–H and O–H groups in total. The number of benzene rings is 1. The van der Waals surface area contributed by atoms with E-state index in [4.69, 9.17) is 4.42 Å². The molecule has 2 fully saturated rings. The second kappa shape index (κ2) is 9.63. The van der Waals surface area contributed by atoms with Crippen molar-refractivity contribution in [3.63, 3.8) is 0 Å². The Morgan fingerprint density at radius 1 is 1.11 bits per heavy atom. The van der Waals surface area contributed by atoms with Gasteiger partial charge < -0.3 is 9.40 Å². The van der Waals surface area contributed by atoms with E-state index in [-0.39, 0.29) is 11.6 Å². The summed E-state index contributed by atoms with van der Waals surface area (Å²) >= 11 is 0. The molecule has 0 bridgehead atoms. The summed E-state index contributed by atoms with van der Waals surface area (Å²) < 4.78 is 7.55. The van der Waals surface area contributed by atoms with Crippen LogP contribution in [0, 0.1) is 13.8 Å². The highest BCUT2D eigenvalue weighted by atomic mass is 16.3. The van der Waals surface area contributed by atoms with Gasteiger partial charge in [0.25, 0.3) is 5.56 Å². The second-order valence-electron chi connectivity index (χ2n) is 10.3. The minimum absolute atomic E-state index is 0.0709. The predicted octanol–water partition coefficient (Wildman–Crippen LogP) is 3.75. The maximum Gasteiger partial charge on any atom is 0.253 e. The summed E-state index contributed by atoms with van der Waals surface area (Å²) in [5.41, 5.74) is 3.79. The van der Waals surface area contributed by atoms with Crippen molar-refractivity contribution < 1.29 is 4.42 Å². The first-order valence-electron chi connectivity index (χ1n) is 13.0. The van der Waals surface area contributed by atoms with Gasteiger partial charge in [-0.15, -0.1) is 5.10 Å². The molecule has 3 aromatic heterocycles. The zero-order valence-electron chi connectivity index (χ0n) is 21.0. The smallest absolute Gasteiger partial charge is 0.253 e. The van der Waals surface area contributed by atoms with Crippen molar-refractivity contribution in [2.24, 2.45) is 0 Å². The van der Waals surface area contributed by atoms with E-state index in [1.54, 1.807) is 6.26 Å². The van der Waals surface area contributed by atoms with Crippen molar-refractivity contribution in [2.75, 3.05) is 26.2 Å². The molecule has 1 aromatic carbocycles. The monoisotopic (exact) mass is 487 g/mol. The highest BCUT2D eigenvalue weighted by Crippen LogP contribution is 2.34. The van der Waals surface area contributed by atoms with E-state index in [2.05, 4.69) is 55.4 Å². The molecular weight excluding hydrogens is 454 g/mol. The number of rotatable bonds is 6. The van der Waals surface area contributed by atoms with E-state index in [0.717, 1.165) is 73.6 Å². The predicted molar refractivity (Wildman–Crippen MR) is 137 cm³/mol. The van der Waals surface area contributed by atoms with Gasteiger partial charge in [0, 0.05) is 31.7 Å². The summed E-state index contributed by atoms with van der Waals surface area (Å²) in [6, 6.07) is 10.2. The molecule has 188 valence electrons. The van der Waals surface area contributed by atoms with Crippen molar-refractivity contribution in [2.45, 2.75) is 58.2 Å². The van der Waals surface area contributed by atoms with Crippen LogP contribution in [0.2, 0.25) is 0 Å². The second-order valence-corrected chi connectivity index (χ2v) is 10.3. The first-order chi connectivity index (χ1) is 17.6. The zero-order chi connectivity index (χ0) is 24.6. The number of hydrogen-bond donors (Lipinski definition) is 1. The molecule has 1 saturated carbocycles. The maximum atomic E-state index is 13.6. The van der Waals surface area contributed by atoms with Gasteiger partial charge >= 0.3 is 0 Å². The fraction of sp³-hybridized carbons (Fsp3) is 0.481. The van der Waals surface area contributed by atoms with Crippen LogP contribution in [0.4, 0.5) is 0 Å². The fourth-order valence-electron chi connectivity index (χ4n) is 6.00. The summed E-state index contributed by atoms with van der Waals surface area (Å²) in [6.45, 7) is 8.31. The summed E-state index contributed by atoms with van der Waals surface area (Å²) in [7, 11) is 0. The van der Waals surface area contributed by atoms with Gasteiger partial charge in [-0.05, 0) is 72.3 Å². The number of H-pyrrole nitrogens is 1. The van der Waals surface area contributed by atoms with E-state index in [9.17, 15) is 4.79 Å². The van der Waals surface area contributed by atoms with Gasteiger partial charge in [0.15, 0.2) is 5.82 Å². The lowest BCUT2D eigenvalue weighted by atomic mass is 10.00. The Kier molecular flexibility index (Phi) is 6.18. The van der Waals surface area contributed by atoms with Crippen LogP contribution in [-0.2, 0) is 6.54 Å². The largest absolute Gasteiger partial charge is 0.468 e. The maximum absolute atomic E-state index is 13.6. The van der Waals surface area contributed by atoms with Gasteiger partial charge in [-0.25, -0.2) is 4.68 Å². The molecule has 0 unspecified atom stereocenters. The number of aromatic nitrogens is 5. The van der Waals surface area contributed by atoms with Gasteiger partial charge in [-0.1, -0.05) is 24.5 Å². The van der Waals surface area contributed by atoms with Crippen molar-refractivity contribution in [1.82, 2.24) is 35.0 Å². The van der Waals surface area contributed by atoms with Crippen LogP contribution in [0.25, 0.3) is 10.9 Å². The molecule has 1 saturated heterocycles. The number of furan rings is 1. The highest BCUT2D eigenvalue weighted by molar-refractivity contribution is 5.83. The number of tetrazole rings is 1. The van der Waals surface area contributed by atoms with Gasteiger partial charge in [-0.2, -0.15) is 0 Å². The molecular formula is C27H33N7O2. The van der Waals surface area contributed by atoms with Crippen molar-refractivity contribution in [1.29, 1.82) is 0 Å². The van der Waals surface area contributed by atoms with Crippen LogP contribution in [0.1, 0.15) is 66.0 Å². The molecule has 0 amide bonds.